The van der Waals surface area contributed by atoms with Crippen molar-refractivity contribution in [2.75, 3.05) is 0 Å². The maximum Gasteiger partial charge on any atom is 0.148 e. The molecule has 1 fully saturated rings. The molecule has 0 radical (unpaired) electrons. The molecule has 1 aliphatic rings. The zero-order valence-electron chi connectivity index (χ0n) is 9.12. The molecule has 0 saturated heterocycles. The lowest BCUT2D eigenvalue weighted by Gasteiger charge is -2.19. The predicted octanol–water partition coefficient (Wildman–Crippen LogP) is 3.10. The van der Waals surface area contributed by atoms with Crippen LogP contribution >= 0.6 is 11.6 Å². The number of ketones is 1. The lowest BCUT2D eigenvalue weighted by Crippen LogP contribution is -2.29. The molecule has 17 heavy (non-hydrogen) atoms. The highest BCUT2D eigenvalue weighted by Crippen LogP contribution is 2.25. The molecular formula is C12H12ClFO2S. The summed E-state index contributed by atoms with van der Waals surface area (Å²) < 4.78 is 25.2. The number of halogens is 2. The molecule has 2 rings (SSSR count). The van der Waals surface area contributed by atoms with Crippen molar-refractivity contribution in [1.82, 2.24) is 0 Å². The van der Waals surface area contributed by atoms with Gasteiger partial charge in [-0.15, -0.1) is 0 Å². The first-order chi connectivity index (χ1) is 8.09. The summed E-state index contributed by atoms with van der Waals surface area (Å²) in [6.45, 7) is 0. The molecule has 0 heterocycles. The van der Waals surface area contributed by atoms with E-state index in [0.29, 0.717) is 17.7 Å². The number of hydrogen-bond donors (Lipinski definition) is 0. The highest BCUT2D eigenvalue weighted by molar-refractivity contribution is 7.86. The SMILES string of the molecule is O=C1CCCCC1S(=O)c1ccc(F)c(Cl)c1. The van der Waals surface area contributed by atoms with Crippen molar-refractivity contribution in [2.24, 2.45) is 0 Å². The summed E-state index contributed by atoms with van der Waals surface area (Å²) in [5, 5.41) is -0.510. The predicted molar refractivity (Wildman–Crippen MR) is 65.1 cm³/mol. The van der Waals surface area contributed by atoms with E-state index in [1.807, 2.05) is 0 Å². The van der Waals surface area contributed by atoms with Gasteiger partial charge in [-0.2, -0.15) is 0 Å². The Morgan fingerprint density at radius 2 is 2.12 bits per heavy atom. The summed E-state index contributed by atoms with van der Waals surface area (Å²) in [5.41, 5.74) is 0. The van der Waals surface area contributed by atoms with Crippen LogP contribution in [0.1, 0.15) is 25.7 Å². The number of Topliss-reactive ketones (excluding diaryl/α,β-unsaturated/α-hetero) is 1. The zero-order chi connectivity index (χ0) is 12.4. The molecule has 2 atom stereocenters. The molecule has 92 valence electrons. The van der Waals surface area contributed by atoms with Crippen LogP contribution in [0, 0.1) is 5.82 Å². The number of benzene rings is 1. The maximum absolute atomic E-state index is 13.0. The molecule has 2 nitrogen and oxygen atoms in total. The molecule has 1 aliphatic carbocycles. The van der Waals surface area contributed by atoms with Crippen molar-refractivity contribution in [3.63, 3.8) is 0 Å². The van der Waals surface area contributed by atoms with Gasteiger partial charge in [-0.25, -0.2) is 4.39 Å². The second-order valence-corrected chi connectivity index (χ2v) is 6.12. The summed E-state index contributed by atoms with van der Waals surface area (Å²) in [7, 11) is -1.42. The maximum atomic E-state index is 13.0. The average Bonchev–Trinajstić information content (AvgIpc) is 2.32. The third kappa shape index (κ3) is 2.75. The highest BCUT2D eigenvalue weighted by atomic mass is 35.5. The van der Waals surface area contributed by atoms with Gasteiger partial charge in [-0.1, -0.05) is 18.0 Å². The van der Waals surface area contributed by atoms with Gasteiger partial charge in [-0.3, -0.25) is 9.00 Å². The molecule has 0 aliphatic heterocycles. The van der Waals surface area contributed by atoms with Gasteiger partial charge >= 0.3 is 0 Å². The second kappa shape index (κ2) is 5.27. The van der Waals surface area contributed by atoms with Crippen molar-refractivity contribution in [3.8, 4) is 0 Å². The molecule has 0 amide bonds. The first-order valence-corrected chi connectivity index (χ1v) is 7.07. The second-order valence-electron chi connectivity index (χ2n) is 4.07. The first-order valence-electron chi connectivity index (χ1n) is 5.48. The highest BCUT2D eigenvalue weighted by Gasteiger charge is 2.28. The van der Waals surface area contributed by atoms with E-state index < -0.39 is 21.9 Å². The van der Waals surface area contributed by atoms with Gasteiger partial charge in [0.25, 0.3) is 0 Å². The van der Waals surface area contributed by atoms with E-state index in [9.17, 15) is 13.4 Å². The van der Waals surface area contributed by atoms with Gasteiger partial charge in [-0.05, 0) is 31.0 Å². The van der Waals surface area contributed by atoms with E-state index in [4.69, 9.17) is 11.6 Å². The Morgan fingerprint density at radius 1 is 1.35 bits per heavy atom. The standard InChI is InChI=1S/C12H12ClFO2S/c13-9-7-8(5-6-10(9)14)17(16)12-4-2-1-3-11(12)15/h5-7,12H,1-4H2. The molecule has 5 heteroatoms. The molecule has 2 unspecified atom stereocenters. The Morgan fingerprint density at radius 3 is 2.76 bits per heavy atom. The van der Waals surface area contributed by atoms with Gasteiger partial charge in [0.1, 0.15) is 11.6 Å². The average molecular weight is 275 g/mol. The van der Waals surface area contributed by atoms with Crippen LogP contribution in [-0.2, 0) is 15.6 Å². The monoisotopic (exact) mass is 274 g/mol. The molecule has 0 N–H and O–H groups in total. The summed E-state index contributed by atoms with van der Waals surface area (Å²) in [6.07, 6.45) is 2.92. The van der Waals surface area contributed by atoms with Crippen molar-refractivity contribution in [1.29, 1.82) is 0 Å². The van der Waals surface area contributed by atoms with E-state index in [0.717, 1.165) is 12.8 Å². The topological polar surface area (TPSA) is 34.1 Å². The van der Waals surface area contributed by atoms with E-state index in [2.05, 4.69) is 0 Å². The van der Waals surface area contributed by atoms with Crippen LogP contribution in [0.4, 0.5) is 4.39 Å². The van der Waals surface area contributed by atoms with Gasteiger partial charge in [0.05, 0.1) is 21.1 Å². The minimum atomic E-state index is -1.42. The lowest BCUT2D eigenvalue weighted by molar-refractivity contribution is -0.119. The Balaban J connectivity index is 2.24. The Labute approximate surface area is 107 Å². The van der Waals surface area contributed by atoms with Crippen LogP contribution in [0.3, 0.4) is 0 Å². The summed E-state index contributed by atoms with van der Waals surface area (Å²) in [6, 6.07) is 3.96. The molecule has 1 aromatic carbocycles. The number of rotatable bonds is 2. The normalized spacial score (nSPS) is 22.5. The fourth-order valence-corrected chi connectivity index (χ4v) is 3.69. The van der Waals surface area contributed by atoms with Crippen molar-refractivity contribution < 1.29 is 13.4 Å². The fourth-order valence-electron chi connectivity index (χ4n) is 1.94. The van der Waals surface area contributed by atoms with E-state index >= 15 is 0 Å². The van der Waals surface area contributed by atoms with Crippen molar-refractivity contribution in [2.45, 2.75) is 35.8 Å². The molecular weight excluding hydrogens is 263 g/mol. The Kier molecular flexibility index (Phi) is 3.94. The van der Waals surface area contributed by atoms with Crippen molar-refractivity contribution in [3.05, 3.63) is 29.0 Å². The molecule has 0 spiro atoms. The largest absolute Gasteiger partial charge is 0.298 e. The van der Waals surface area contributed by atoms with E-state index in [1.54, 1.807) is 0 Å². The van der Waals surface area contributed by atoms with Crippen molar-refractivity contribution >= 4 is 28.2 Å². The van der Waals surface area contributed by atoms with E-state index in [-0.39, 0.29) is 10.8 Å². The lowest BCUT2D eigenvalue weighted by atomic mass is 9.99. The first kappa shape index (κ1) is 12.7. The minimum Gasteiger partial charge on any atom is -0.298 e. The van der Waals surface area contributed by atoms with Gasteiger partial charge < -0.3 is 0 Å². The molecule has 0 bridgehead atoms. The van der Waals surface area contributed by atoms with Crippen LogP contribution in [0.5, 0.6) is 0 Å². The quantitative estimate of drug-likeness (QED) is 0.830. The van der Waals surface area contributed by atoms with Crippen LogP contribution in [-0.4, -0.2) is 15.2 Å². The summed E-state index contributed by atoms with van der Waals surface area (Å²) in [4.78, 5) is 12.1. The smallest absolute Gasteiger partial charge is 0.148 e. The summed E-state index contributed by atoms with van der Waals surface area (Å²) >= 11 is 5.64. The number of carbonyl (C=O) groups is 1. The Bertz CT molecular complexity index is 476. The molecule has 1 saturated carbocycles. The summed E-state index contributed by atoms with van der Waals surface area (Å²) in [5.74, 6) is -0.502. The third-order valence-electron chi connectivity index (χ3n) is 2.88. The van der Waals surface area contributed by atoms with Gasteiger partial charge in [0.2, 0.25) is 0 Å². The van der Waals surface area contributed by atoms with Gasteiger partial charge in [0.15, 0.2) is 0 Å². The third-order valence-corrected chi connectivity index (χ3v) is 4.90. The van der Waals surface area contributed by atoms with Crippen LogP contribution < -0.4 is 0 Å². The van der Waals surface area contributed by atoms with Crippen LogP contribution in [0.15, 0.2) is 23.1 Å². The molecule has 0 aromatic heterocycles. The minimum absolute atomic E-state index is 0.0371. The van der Waals surface area contributed by atoms with Gasteiger partial charge in [0, 0.05) is 11.3 Å². The van der Waals surface area contributed by atoms with Crippen LogP contribution in [0.25, 0.3) is 0 Å². The number of hydrogen-bond acceptors (Lipinski definition) is 2. The van der Waals surface area contributed by atoms with Crippen LogP contribution in [0.2, 0.25) is 5.02 Å². The Hall–Kier alpha value is -0.740. The fraction of sp³-hybridized carbons (Fsp3) is 0.417. The zero-order valence-corrected chi connectivity index (χ0v) is 10.7. The molecule has 1 aromatic rings. The number of carbonyl (C=O) groups excluding carboxylic acids is 1. The van der Waals surface area contributed by atoms with E-state index in [1.165, 1.54) is 18.2 Å².